The van der Waals surface area contributed by atoms with Crippen LogP contribution in [0.4, 0.5) is 5.82 Å². The second kappa shape index (κ2) is 5.32. The van der Waals surface area contributed by atoms with Crippen molar-refractivity contribution in [2.24, 2.45) is 10.9 Å². The van der Waals surface area contributed by atoms with Crippen LogP contribution in [0, 0.1) is 12.8 Å². The highest BCUT2D eigenvalue weighted by molar-refractivity contribution is 6.07. The van der Waals surface area contributed by atoms with Crippen LogP contribution in [0.2, 0.25) is 0 Å². The van der Waals surface area contributed by atoms with Crippen molar-refractivity contribution in [2.45, 2.75) is 46.0 Å². The third-order valence-electron chi connectivity index (χ3n) is 4.38. The van der Waals surface area contributed by atoms with Gasteiger partial charge in [-0.3, -0.25) is 4.99 Å². The molecule has 1 saturated carbocycles. The first-order chi connectivity index (χ1) is 9.29. The minimum absolute atomic E-state index is 0.663. The van der Waals surface area contributed by atoms with E-state index in [9.17, 15) is 0 Å². The van der Waals surface area contributed by atoms with E-state index in [0.29, 0.717) is 5.92 Å². The Labute approximate surface area is 115 Å². The molecular weight excluding hydrogens is 234 g/mol. The molecule has 0 saturated heterocycles. The Morgan fingerprint density at radius 2 is 2.00 bits per heavy atom. The maximum atomic E-state index is 4.88. The minimum atomic E-state index is 0.663. The molecule has 0 N–H and O–H groups in total. The van der Waals surface area contributed by atoms with Crippen molar-refractivity contribution in [2.75, 3.05) is 18.1 Å². The summed E-state index contributed by atoms with van der Waals surface area (Å²) >= 11 is 0. The standard InChI is InChI=1S/C16H23N3/c1-3-19-11-17-15(13-7-5-4-6-8-13)14-10-9-12(2)18-16(14)19/h9-10,13H,3-8,11H2,1-2H3. The van der Waals surface area contributed by atoms with Crippen molar-refractivity contribution >= 4 is 11.5 Å². The highest BCUT2D eigenvalue weighted by Gasteiger charge is 2.27. The lowest BCUT2D eigenvalue weighted by Crippen LogP contribution is -2.33. The number of nitrogens with zero attached hydrogens (tertiary/aromatic N) is 3. The third kappa shape index (κ3) is 2.38. The van der Waals surface area contributed by atoms with Gasteiger partial charge in [0.2, 0.25) is 0 Å². The van der Waals surface area contributed by atoms with Gasteiger partial charge in [-0.15, -0.1) is 0 Å². The smallest absolute Gasteiger partial charge is 0.139 e. The predicted octanol–water partition coefficient (Wildman–Crippen LogP) is 3.56. The predicted molar refractivity (Wildman–Crippen MR) is 80.0 cm³/mol. The van der Waals surface area contributed by atoms with Crippen LogP contribution in [0.3, 0.4) is 0 Å². The molecule has 2 heterocycles. The van der Waals surface area contributed by atoms with E-state index in [4.69, 9.17) is 9.98 Å². The highest BCUT2D eigenvalue weighted by atomic mass is 15.3. The molecule has 3 rings (SSSR count). The number of fused-ring (bicyclic) bond motifs is 1. The fraction of sp³-hybridized carbons (Fsp3) is 0.625. The molecule has 1 aliphatic carbocycles. The fourth-order valence-corrected chi connectivity index (χ4v) is 3.27. The van der Waals surface area contributed by atoms with E-state index in [-0.39, 0.29) is 0 Å². The summed E-state index contributed by atoms with van der Waals surface area (Å²) in [5.74, 6) is 1.81. The van der Waals surface area contributed by atoms with E-state index in [1.165, 1.54) is 43.4 Å². The van der Waals surface area contributed by atoms with Crippen molar-refractivity contribution in [3.8, 4) is 0 Å². The van der Waals surface area contributed by atoms with Crippen LogP contribution < -0.4 is 4.90 Å². The van der Waals surface area contributed by atoms with Gasteiger partial charge < -0.3 is 4.90 Å². The molecule has 0 aromatic carbocycles. The summed E-state index contributed by atoms with van der Waals surface area (Å²) in [4.78, 5) is 11.9. The number of hydrogen-bond donors (Lipinski definition) is 0. The summed E-state index contributed by atoms with van der Waals surface area (Å²) in [5, 5.41) is 0. The molecule has 0 spiro atoms. The monoisotopic (exact) mass is 257 g/mol. The van der Waals surface area contributed by atoms with Crippen LogP contribution in [-0.2, 0) is 0 Å². The number of anilines is 1. The number of hydrogen-bond acceptors (Lipinski definition) is 3. The summed E-state index contributed by atoms with van der Waals surface area (Å²) in [5.41, 5.74) is 3.71. The van der Waals surface area contributed by atoms with E-state index >= 15 is 0 Å². The van der Waals surface area contributed by atoms with Gasteiger partial charge in [-0.1, -0.05) is 19.3 Å². The average molecular weight is 257 g/mol. The van der Waals surface area contributed by atoms with Crippen LogP contribution in [0.1, 0.15) is 50.3 Å². The van der Waals surface area contributed by atoms with Crippen LogP contribution in [-0.4, -0.2) is 23.9 Å². The lowest BCUT2D eigenvalue weighted by molar-refractivity contribution is 0.438. The first-order valence-corrected chi connectivity index (χ1v) is 7.57. The number of rotatable bonds is 2. The fourth-order valence-electron chi connectivity index (χ4n) is 3.27. The Balaban J connectivity index is 1.97. The first-order valence-electron chi connectivity index (χ1n) is 7.57. The molecule has 0 amide bonds. The summed E-state index contributed by atoms with van der Waals surface area (Å²) in [6.07, 6.45) is 6.71. The topological polar surface area (TPSA) is 28.5 Å². The molecule has 1 fully saturated rings. The molecule has 2 aliphatic rings. The molecule has 102 valence electrons. The normalized spacial score (nSPS) is 20.1. The maximum Gasteiger partial charge on any atom is 0.139 e. The summed E-state index contributed by atoms with van der Waals surface area (Å²) in [6, 6.07) is 4.35. The molecule has 0 atom stereocenters. The van der Waals surface area contributed by atoms with Gasteiger partial charge in [-0.2, -0.15) is 0 Å². The van der Waals surface area contributed by atoms with E-state index < -0.39 is 0 Å². The van der Waals surface area contributed by atoms with Gasteiger partial charge >= 0.3 is 0 Å². The van der Waals surface area contributed by atoms with Gasteiger partial charge in [0, 0.05) is 23.7 Å². The Bertz CT molecular complexity index is 487. The minimum Gasteiger partial charge on any atom is -0.337 e. The molecule has 0 bridgehead atoms. The zero-order valence-electron chi connectivity index (χ0n) is 12.0. The Kier molecular flexibility index (Phi) is 3.54. The molecule has 19 heavy (non-hydrogen) atoms. The zero-order valence-corrected chi connectivity index (χ0v) is 12.0. The molecule has 1 aliphatic heterocycles. The van der Waals surface area contributed by atoms with Gasteiger partial charge in [-0.25, -0.2) is 4.98 Å². The van der Waals surface area contributed by atoms with E-state index in [1.807, 2.05) is 0 Å². The molecule has 0 radical (unpaired) electrons. The molecule has 0 unspecified atom stereocenters. The molecule has 3 nitrogen and oxygen atoms in total. The Hall–Kier alpha value is -1.38. The Morgan fingerprint density at radius 1 is 1.21 bits per heavy atom. The van der Waals surface area contributed by atoms with Gasteiger partial charge in [0.05, 0.1) is 5.71 Å². The van der Waals surface area contributed by atoms with Crippen LogP contribution in [0.15, 0.2) is 17.1 Å². The van der Waals surface area contributed by atoms with Gasteiger partial charge in [-0.05, 0) is 38.8 Å². The average Bonchev–Trinajstić information content (AvgIpc) is 2.47. The second-order valence-corrected chi connectivity index (χ2v) is 5.70. The summed E-state index contributed by atoms with van der Waals surface area (Å²) in [7, 11) is 0. The lowest BCUT2D eigenvalue weighted by Gasteiger charge is -2.32. The van der Waals surface area contributed by atoms with E-state index in [0.717, 1.165) is 24.7 Å². The van der Waals surface area contributed by atoms with Crippen molar-refractivity contribution in [1.29, 1.82) is 0 Å². The maximum absolute atomic E-state index is 4.88. The van der Waals surface area contributed by atoms with E-state index in [2.05, 4.69) is 30.9 Å². The number of pyridine rings is 1. The number of aryl methyl sites for hydroxylation is 1. The largest absolute Gasteiger partial charge is 0.337 e. The molecule has 1 aromatic heterocycles. The lowest BCUT2D eigenvalue weighted by atomic mass is 9.83. The van der Waals surface area contributed by atoms with E-state index in [1.54, 1.807) is 0 Å². The first kappa shape index (κ1) is 12.6. The van der Waals surface area contributed by atoms with Crippen LogP contribution in [0.25, 0.3) is 0 Å². The second-order valence-electron chi connectivity index (χ2n) is 5.70. The van der Waals surface area contributed by atoms with Gasteiger partial charge in [0.1, 0.15) is 12.5 Å². The van der Waals surface area contributed by atoms with Crippen molar-refractivity contribution < 1.29 is 0 Å². The number of aliphatic imine (C=N–C) groups is 1. The van der Waals surface area contributed by atoms with Gasteiger partial charge in [0.15, 0.2) is 0 Å². The number of aromatic nitrogens is 1. The Morgan fingerprint density at radius 3 is 2.74 bits per heavy atom. The summed E-state index contributed by atoms with van der Waals surface area (Å²) < 4.78 is 0. The SMILES string of the molecule is CCN1CN=C(C2CCCCC2)c2ccc(C)nc21. The quantitative estimate of drug-likeness (QED) is 0.810. The highest BCUT2D eigenvalue weighted by Crippen LogP contribution is 2.32. The zero-order chi connectivity index (χ0) is 13.2. The summed E-state index contributed by atoms with van der Waals surface area (Å²) in [6.45, 7) is 6.01. The van der Waals surface area contributed by atoms with Crippen molar-refractivity contribution in [3.63, 3.8) is 0 Å². The molecule has 1 aromatic rings. The van der Waals surface area contributed by atoms with Gasteiger partial charge in [0.25, 0.3) is 0 Å². The van der Waals surface area contributed by atoms with Crippen molar-refractivity contribution in [1.82, 2.24) is 4.98 Å². The van der Waals surface area contributed by atoms with Crippen LogP contribution in [0.5, 0.6) is 0 Å². The third-order valence-corrected chi connectivity index (χ3v) is 4.38. The van der Waals surface area contributed by atoms with Crippen molar-refractivity contribution in [3.05, 3.63) is 23.4 Å². The molecular formula is C16H23N3. The van der Waals surface area contributed by atoms with Crippen LogP contribution >= 0.6 is 0 Å². The molecule has 3 heteroatoms.